The molecule has 7 heteroatoms. The maximum Gasteiger partial charge on any atom is 0.310 e. The Kier molecular flexibility index (Phi) is 14.2. The zero-order valence-corrected chi connectivity index (χ0v) is 19.6. The Hall–Kier alpha value is -0.570. The summed E-state index contributed by atoms with van der Waals surface area (Å²) in [5, 5.41) is 3.36. The van der Waals surface area contributed by atoms with Gasteiger partial charge in [0.25, 0.3) is 0 Å². The fourth-order valence-corrected chi connectivity index (χ4v) is 3.28. The van der Waals surface area contributed by atoms with Gasteiger partial charge in [0.2, 0.25) is 0 Å². The van der Waals surface area contributed by atoms with Crippen LogP contribution in [-0.2, 0) is 9.53 Å². The van der Waals surface area contributed by atoms with E-state index in [1.54, 1.807) is 0 Å². The lowest BCUT2D eigenvalue weighted by Gasteiger charge is -2.21. The van der Waals surface area contributed by atoms with E-state index in [1.807, 2.05) is 0 Å². The number of nitrogens with one attached hydrogen (secondary N) is 1. The first kappa shape index (κ1) is 25.4. The standard InChI is InChI=1S/C19H38N4O2.HI/c1-6-20-19(21-12-10-8-7-9-11-13-22(3)4)23-14-16(2)17(15-23)18(24)25-5;/h16-17H,6-15H2,1-5H3,(H,20,21);1H. The number of nitrogens with zero attached hydrogens (tertiary/aromatic N) is 3. The zero-order chi connectivity index (χ0) is 18.7. The fraction of sp³-hybridized carbons (Fsp3) is 0.895. The Morgan fingerprint density at radius 2 is 1.85 bits per heavy atom. The lowest BCUT2D eigenvalue weighted by Crippen LogP contribution is -2.40. The number of hydrogen-bond donors (Lipinski definition) is 1. The van der Waals surface area contributed by atoms with Gasteiger partial charge in [0.1, 0.15) is 0 Å². The van der Waals surface area contributed by atoms with Crippen molar-refractivity contribution in [1.82, 2.24) is 15.1 Å². The summed E-state index contributed by atoms with van der Waals surface area (Å²) < 4.78 is 4.92. The van der Waals surface area contributed by atoms with Crippen molar-refractivity contribution in [2.75, 3.05) is 53.9 Å². The molecule has 0 aromatic carbocycles. The van der Waals surface area contributed by atoms with E-state index in [9.17, 15) is 4.79 Å². The molecule has 0 bridgehead atoms. The van der Waals surface area contributed by atoms with E-state index >= 15 is 0 Å². The Morgan fingerprint density at radius 1 is 1.19 bits per heavy atom. The van der Waals surface area contributed by atoms with E-state index in [2.05, 4.69) is 43.1 Å². The third kappa shape index (κ3) is 9.39. The molecule has 26 heavy (non-hydrogen) atoms. The minimum Gasteiger partial charge on any atom is -0.469 e. The highest BCUT2D eigenvalue weighted by molar-refractivity contribution is 14.0. The van der Waals surface area contributed by atoms with Crippen LogP contribution in [0.5, 0.6) is 0 Å². The van der Waals surface area contributed by atoms with Gasteiger partial charge >= 0.3 is 5.97 Å². The molecule has 1 rings (SSSR count). The third-order valence-corrected chi connectivity index (χ3v) is 4.78. The lowest BCUT2D eigenvalue weighted by molar-refractivity contribution is -0.145. The number of esters is 1. The molecule has 6 nitrogen and oxygen atoms in total. The van der Waals surface area contributed by atoms with Crippen LogP contribution in [0, 0.1) is 11.8 Å². The van der Waals surface area contributed by atoms with Crippen molar-refractivity contribution in [2.24, 2.45) is 16.8 Å². The number of hydrogen-bond acceptors (Lipinski definition) is 4. The molecule has 0 aromatic heterocycles. The second-order valence-corrected chi connectivity index (χ2v) is 7.32. The van der Waals surface area contributed by atoms with Crippen molar-refractivity contribution in [1.29, 1.82) is 0 Å². The summed E-state index contributed by atoms with van der Waals surface area (Å²) >= 11 is 0. The molecule has 0 aromatic rings. The molecule has 1 fully saturated rings. The van der Waals surface area contributed by atoms with Gasteiger partial charge in [-0.1, -0.05) is 26.2 Å². The first-order valence-corrected chi connectivity index (χ1v) is 9.75. The minimum atomic E-state index is -0.108. The SMILES string of the molecule is CCNC(=NCCCCCCCN(C)C)N1CC(C)C(C(=O)OC)C1.I. The number of likely N-dealkylation sites (tertiary alicyclic amines) is 1. The fourth-order valence-electron chi connectivity index (χ4n) is 3.28. The molecular weight excluding hydrogens is 443 g/mol. The maximum absolute atomic E-state index is 11.9. The second-order valence-electron chi connectivity index (χ2n) is 7.32. The van der Waals surface area contributed by atoms with Gasteiger partial charge in [-0.2, -0.15) is 0 Å². The van der Waals surface area contributed by atoms with Crippen molar-refractivity contribution >= 4 is 35.9 Å². The van der Waals surface area contributed by atoms with Gasteiger partial charge in [-0.15, -0.1) is 24.0 Å². The van der Waals surface area contributed by atoms with Crippen LogP contribution in [0.25, 0.3) is 0 Å². The highest BCUT2D eigenvalue weighted by atomic mass is 127. The smallest absolute Gasteiger partial charge is 0.310 e. The number of halogens is 1. The average molecular weight is 482 g/mol. The van der Waals surface area contributed by atoms with Gasteiger partial charge in [-0.05, 0) is 46.3 Å². The lowest BCUT2D eigenvalue weighted by atomic mass is 9.99. The summed E-state index contributed by atoms with van der Waals surface area (Å²) in [6.45, 7) is 8.62. The summed E-state index contributed by atoms with van der Waals surface area (Å²) in [6.07, 6.45) is 6.22. The molecule has 1 N–H and O–H groups in total. The largest absolute Gasteiger partial charge is 0.469 e. The van der Waals surface area contributed by atoms with Crippen molar-refractivity contribution in [2.45, 2.75) is 46.0 Å². The van der Waals surface area contributed by atoms with Crippen LogP contribution in [0.1, 0.15) is 46.0 Å². The Bertz CT molecular complexity index is 418. The average Bonchev–Trinajstić information content (AvgIpc) is 2.97. The Balaban J connectivity index is 0.00000625. The predicted molar refractivity (Wildman–Crippen MR) is 119 cm³/mol. The van der Waals surface area contributed by atoms with Crippen molar-refractivity contribution in [3.8, 4) is 0 Å². The van der Waals surface area contributed by atoms with E-state index in [0.29, 0.717) is 12.5 Å². The molecule has 0 aliphatic carbocycles. The maximum atomic E-state index is 11.9. The van der Waals surface area contributed by atoms with Crippen LogP contribution in [0.2, 0.25) is 0 Å². The molecule has 2 atom stereocenters. The molecule has 0 spiro atoms. The molecule has 0 amide bonds. The summed E-state index contributed by atoms with van der Waals surface area (Å²) in [5.74, 6) is 1.08. The Morgan fingerprint density at radius 3 is 2.46 bits per heavy atom. The topological polar surface area (TPSA) is 57.2 Å². The molecule has 2 unspecified atom stereocenters. The highest BCUT2D eigenvalue weighted by Gasteiger charge is 2.36. The van der Waals surface area contributed by atoms with Crippen LogP contribution in [0.4, 0.5) is 0 Å². The summed E-state index contributed by atoms with van der Waals surface area (Å²) in [7, 11) is 5.72. The van der Waals surface area contributed by atoms with E-state index in [-0.39, 0.29) is 35.9 Å². The molecule has 0 saturated carbocycles. The molecule has 1 aliphatic heterocycles. The van der Waals surface area contributed by atoms with Crippen LogP contribution < -0.4 is 5.32 Å². The van der Waals surface area contributed by atoms with Gasteiger partial charge in [-0.3, -0.25) is 9.79 Å². The Labute approximate surface area is 177 Å². The van der Waals surface area contributed by atoms with Gasteiger partial charge in [0.05, 0.1) is 13.0 Å². The third-order valence-electron chi connectivity index (χ3n) is 4.78. The summed E-state index contributed by atoms with van der Waals surface area (Å²) in [4.78, 5) is 21.1. The zero-order valence-electron chi connectivity index (χ0n) is 17.3. The number of unbranched alkanes of at least 4 members (excludes halogenated alkanes) is 4. The van der Waals surface area contributed by atoms with E-state index in [0.717, 1.165) is 32.0 Å². The number of aliphatic imine (C=N–C) groups is 1. The van der Waals surface area contributed by atoms with Crippen molar-refractivity contribution in [3.05, 3.63) is 0 Å². The number of rotatable bonds is 10. The van der Waals surface area contributed by atoms with Crippen molar-refractivity contribution < 1.29 is 9.53 Å². The molecule has 154 valence electrons. The highest BCUT2D eigenvalue weighted by Crippen LogP contribution is 2.24. The molecule has 1 aliphatic rings. The molecule has 1 saturated heterocycles. The second kappa shape index (κ2) is 14.5. The van der Waals surface area contributed by atoms with E-state index in [4.69, 9.17) is 9.73 Å². The number of methoxy groups -OCH3 is 1. The molecule has 0 radical (unpaired) electrons. The van der Waals surface area contributed by atoms with Gasteiger partial charge in [0.15, 0.2) is 5.96 Å². The van der Waals surface area contributed by atoms with Crippen LogP contribution in [0.15, 0.2) is 4.99 Å². The minimum absolute atomic E-state index is 0. The summed E-state index contributed by atoms with van der Waals surface area (Å²) in [6, 6.07) is 0. The monoisotopic (exact) mass is 482 g/mol. The quantitative estimate of drug-likeness (QED) is 0.171. The van der Waals surface area contributed by atoms with E-state index < -0.39 is 0 Å². The number of ether oxygens (including phenoxy) is 1. The van der Waals surface area contributed by atoms with Gasteiger partial charge in [-0.25, -0.2) is 0 Å². The normalized spacial score (nSPS) is 20.2. The first-order chi connectivity index (χ1) is 12.0. The number of guanidine groups is 1. The molecule has 1 heterocycles. The van der Waals surface area contributed by atoms with Crippen molar-refractivity contribution in [3.63, 3.8) is 0 Å². The predicted octanol–water partition coefficient (Wildman–Crippen LogP) is 2.82. The van der Waals surface area contributed by atoms with Crippen LogP contribution in [0.3, 0.4) is 0 Å². The first-order valence-electron chi connectivity index (χ1n) is 9.75. The van der Waals surface area contributed by atoms with Gasteiger partial charge < -0.3 is 19.9 Å². The summed E-state index contributed by atoms with van der Waals surface area (Å²) in [5.41, 5.74) is 0. The molecular formula is C19H39IN4O2. The van der Waals surface area contributed by atoms with Crippen LogP contribution >= 0.6 is 24.0 Å². The van der Waals surface area contributed by atoms with Gasteiger partial charge in [0, 0.05) is 26.2 Å². The van der Waals surface area contributed by atoms with E-state index in [1.165, 1.54) is 39.3 Å². The van der Waals surface area contributed by atoms with Crippen LogP contribution in [-0.4, -0.2) is 75.7 Å². The number of carbonyl (C=O) groups is 1. The number of carbonyl (C=O) groups excluding carboxylic acids is 1.